The first-order valence-corrected chi connectivity index (χ1v) is 10.6. The van der Waals surface area contributed by atoms with Gasteiger partial charge in [0.05, 0.1) is 28.6 Å². The summed E-state index contributed by atoms with van der Waals surface area (Å²) in [6.45, 7) is 1.90. The van der Waals surface area contributed by atoms with Gasteiger partial charge in [-0.05, 0) is 31.0 Å². The highest BCUT2D eigenvalue weighted by molar-refractivity contribution is 7.91. The molecule has 2 heterocycles. The van der Waals surface area contributed by atoms with E-state index >= 15 is 0 Å². The third-order valence-electron chi connectivity index (χ3n) is 3.97. The summed E-state index contributed by atoms with van der Waals surface area (Å²) in [4.78, 5) is 16.6. The number of nitrogens with zero attached hydrogens (tertiary/aromatic N) is 1. The van der Waals surface area contributed by atoms with Crippen LogP contribution in [-0.4, -0.2) is 30.8 Å². The molecule has 1 saturated heterocycles. The SMILES string of the molecule is Cc1ccc(Cl)cc1NC(=O)Cc1csc(C2CCS(=O)(=O)C2)n1. The van der Waals surface area contributed by atoms with Crippen molar-refractivity contribution in [3.05, 3.63) is 44.9 Å². The molecule has 1 aliphatic rings. The monoisotopic (exact) mass is 384 g/mol. The number of sulfone groups is 1. The lowest BCUT2D eigenvalue weighted by atomic mass is 10.1. The van der Waals surface area contributed by atoms with Crippen LogP contribution in [0, 0.1) is 6.92 Å². The van der Waals surface area contributed by atoms with Gasteiger partial charge in [-0.15, -0.1) is 11.3 Å². The molecule has 1 atom stereocenters. The van der Waals surface area contributed by atoms with E-state index in [0.717, 1.165) is 10.6 Å². The molecule has 0 saturated carbocycles. The average molecular weight is 385 g/mol. The van der Waals surface area contributed by atoms with Crippen molar-refractivity contribution in [2.75, 3.05) is 16.8 Å². The lowest BCUT2D eigenvalue weighted by Crippen LogP contribution is -2.15. The molecule has 24 heavy (non-hydrogen) atoms. The van der Waals surface area contributed by atoms with E-state index in [0.29, 0.717) is 22.8 Å². The summed E-state index contributed by atoms with van der Waals surface area (Å²) in [6.07, 6.45) is 0.769. The third-order valence-corrected chi connectivity index (χ3v) is 7.03. The fourth-order valence-corrected chi connectivity index (χ4v) is 5.65. The zero-order chi connectivity index (χ0) is 17.3. The van der Waals surface area contributed by atoms with Crippen LogP contribution in [0.4, 0.5) is 5.69 Å². The molecule has 5 nitrogen and oxygen atoms in total. The molecular weight excluding hydrogens is 368 g/mol. The number of anilines is 1. The highest BCUT2D eigenvalue weighted by atomic mass is 35.5. The Bertz CT molecular complexity index is 877. The van der Waals surface area contributed by atoms with Gasteiger partial charge in [0.25, 0.3) is 0 Å². The Kier molecular flexibility index (Phi) is 4.94. The van der Waals surface area contributed by atoms with E-state index in [1.807, 2.05) is 18.4 Å². The average Bonchev–Trinajstić information content (AvgIpc) is 3.09. The summed E-state index contributed by atoms with van der Waals surface area (Å²) in [7, 11) is -2.93. The normalized spacial score (nSPS) is 19.3. The van der Waals surface area contributed by atoms with Crippen LogP contribution < -0.4 is 5.32 Å². The predicted molar refractivity (Wildman–Crippen MR) is 96.6 cm³/mol. The van der Waals surface area contributed by atoms with E-state index in [1.165, 1.54) is 11.3 Å². The van der Waals surface area contributed by atoms with Crippen LogP contribution in [0.1, 0.15) is 28.6 Å². The van der Waals surface area contributed by atoms with E-state index in [4.69, 9.17) is 11.6 Å². The molecule has 1 unspecified atom stereocenters. The molecule has 3 rings (SSSR count). The number of carbonyl (C=O) groups excluding carboxylic acids is 1. The van der Waals surface area contributed by atoms with E-state index in [9.17, 15) is 13.2 Å². The number of carbonyl (C=O) groups is 1. The third kappa shape index (κ3) is 4.15. The molecule has 0 aliphatic carbocycles. The minimum atomic E-state index is -2.93. The van der Waals surface area contributed by atoms with Gasteiger partial charge in [-0.25, -0.2) is 13.4 Å². The second-order valence-corrected chi connectivity index (χ2v) is 9.52. The molecule has 1 N–H and O–H groups in total. The zero-order valence-corrected chi connectivity index (χ0v) is 15.5. The van der Waals surface area contributed by atoms with Crippen molar-refractivity contribution in [2.24, 2.45) is 0 Å². The molecule has 1 aromatic heterocycles. The Labute approximate surface area is 150 Å². The number of aryl methyl sites for hydroxylation is 1. The smallest absolute Gasteiger partial charge is 0.230 e. The van der Waals surface area contributed by atoms with Crippen LogP contribution in [0.15, 0.2) is 23.6 Å². The number of aromatic nitrogens is 1. The second kappa shape index (κ2) is 6.82. The Morgan fingerprint density at radius 1 is 1.46 bits per heavy atom. The minimum Gasteiger partial charge on any atom is -0.325 e. The number of benzene rings is 1. The predicted octanol–water partition coefficient (Wildman–Crippen LogP) is 3.19. The van der Waals surface area contributed by atoms with Gasteiger partial charge in [0.15, 0.2) is 9.84 Å². The Balaban J connectivity index is 1.64. The highest BCUT2D eigenvalue weighted by Crippen LogP contribution is 2.31. The fourth-order valence-electron chi connectivity index (χ4n) is 2.67. The van der Waals surface area contributed by atoms with Crippen molar-refractivity contribution in [1.82, 2.24) is 4.98 Å². The van der Waals surface area contributed by atoms with Crippen LogP contribution >= 0.6 is 22.9 Å². The maximum absolute atomic E-state index is 12.2. The molecule has 2 aromatic rings. The van der Waals surface area contributed by atoms with Gasteiger partial charge in [-0.1, -0.05) is 17.7 Å². The summed E-state index contributed by atoms with van der Waals surface area (Å²) in [6, 6.07) is 5.33. The summed E-state index contributed by atoms with van der Waals surface area (Å²) in [5.41, 5.74) is 2.28. The fraction of sp³-hybridized carbons (Fsp3) is 0.375. The molecule has 1 amide bonds. The first-order chi connectivity index (χ1) is 11.3. The second-order valence-electron chi connectivity index (χ2n) is 5.96. The van der Waals surface area contributed by atoms with Crippen molar-refractivity contribution in [3.8, 4) is 0 Å². The number of rotatable bonds is 4. The molecule has 0 radical (unpaired) electrons. The number of hydrogen-bond acceptors (Lipinski definition) is 5. The molecular formula is C16H17ClN2O3S2. The number of halogens is 1. The Morgan fingerprint density at radius 2 is 2.25 bits per heavy atom. The van der Waals surface area contributed by atoms with Gasteiger partial charge in [0.1, 0.15) is 0 Å². The Morgan fingerprint density at radius 3 is 2.96 bits per heavy atom. The minimum absolute atomic E-state index is 0.0352. The van der Waals surface area contributed by atoms with Gasteiger partial charge in [0, 0.05) is 22.0 Å². The van der Waals surface area contributed by atoms with Gasteiger partial charge in [-0.3, -0.25) is 4.79 Å². The molecule has 0 bridgehead atoms. The van der Waals surface area contributed by atoms with E-state index in [2.05, 4.69) is 10.3 Å². The lowest BCUT2D eigenvalue weighted by Gasteiger charge is -2.08. The quantitative estimate of drug-likeness (QED) is 0.878. The maximum Gasteiger partial charge on any atom is 0.230 e. The van der Waals surface area contributed by atoms with Crippen LogP contribution in [-0.2, 0) is 21.1 Å². The first kappa shape index (κ1) is 17.4. The van der Waals surface area contributed by atoms with Gasteiger partial charge in [-0.2, -0.15) is 0 Å². The van der Waals surface area contributed by atoms with Gasteiger partial charge >= 0.3 is 0 Å². The number of thiazole rings is 1. The summed E-state index contributed by atoms with van der Waals surface area (Å²) < 4.78 is 23.1. The summed E-state index contributed by atoms with van der Waals surface area (Å²) in [5, 5.41) is 6.03. The molecule has 0 spiro atoms. The number of nitrogens with one attached hydrogen (secondary N) is 1. The van der Waals surface area contributed by atoms with Crippen LogP contribution in [0.5, 0.6) is 0 Å². The zero-order valence-electron chi connectivity index (χ0n) is 13.1. The molecule has 8 heteroatoms. The van der Waals surface area contributed by atoms with Crippen molar-refractivity contribution in [2.45, 2.75) is 25.7 Å². The number of hydrogen-bond donors (Lipinski definition) is 1. The summed E-state index contributed by atoms with van der Waals surface area (Å²) >= 11 is 7.37. The van der Waals surface area contributed by atoms with Crippen molar-refractivity contribution >= 4 is 44.4 Å². The molecule has 1 fully saturated rings. The maximum atomic E-state index is 12.2. The topological polar surface area (TPSA) is 76.1 Å². The van der Waals surface area contributed by atoms with E-state index in [1.54, 1.807) is 12.1 Å². The number of amides is 1. The summed E-state index contributed by atoms with van der Waals surface area (Å²) in [5.74, 6) is 0.179. The largest absolute Gasteiger partial charge is 0.325 e. The standard InChI is InChI=1S/C16H17ClN2O3S2/c1-10-2-3-12(17)6-14(10)19-15(20)7-13-8-23-16(18-13)11-4-5-24(21,22)9-11/h2-3,6,8,11H,4-5,7,9H2,1H3,(H,19,20). The molecule has 1 aromatic carbocycles. The first-order valence-electron chi connectivity index (χ1n) is 7.53. The highest BCUT2D eigenvalue weighted by Gasteiger charge is 2.31. The molecule has 1 aliphatic heterocycles. The van der Waals surface area contributed by atoms with Gasteiger partial charge < -0.3 is 5.32 Å². The van der Waals surface area contributed by atoms with Gasteiger partial charge in [0.2, 0.25) is 5.91 Å². The van der Waals surface area contributed by atoms with Crippen LogP contribution in [0.2, 0.25) is 5.02 Å². The lowest BCUT2D eigenvalue weighted by molar-refractivity contribution is -0.115. The van der Waals surface area contributed by atoms with Crippen molar-refractivity contribution < 1.29 is 13.2 Å². The van der Waals surface area contributed by atoms with E-state index < -0.39 is 9.84 Å². The van der Waals surface area contributed by atoms with Crippen molar-refractivity contribution in [3.63, 3.8) is 0 Å². The van der Waals surface area contributed by atoms with Crippen molar-refractivity contribution in [1.29, 1.82) is 0 Å². The van der Waals surface area contributed by atoms with E-state index in [-0.39, 0.29) is 29.8 Å². The van der Waals surface area contributed by atoms with Crippen LogP contribution in [0.3, 0.4) is 0 Å². The molecule has 128 valence electrons. The Hall–Kier alpha value is -1.44. The van der Waals surface area contributed by atoms with Crippen LogP contribution in [0.25, 0.3) is 0 Å².